The van der Waals surface area contributed by atoms with Crippen molar-refractivity contribution < 1.29 is 18.0 Å². The van der Waals surface area contributed by atoms with Gasteiger partial charge in [0.1, 0.15) is 5.82 Å². The van der Waals surface area contributed by atoms with E-state index in [-0.39, 0.29) is 11.1 Å². The quantitative estimate of drug-likeness (QED) is 0.903. The largest absolute Gasteiger partial charge is 0.417 e. The predicted molar refractivity (Wildman–Crippen MR) is 77.1 cm³/mol. The standard InChI is InChI=1S/C13H16ClF3N4O/c1-2-18-12(22)21-5-3-20(4-6-21)11-10(14)7-9(8-19-11)13(15,16)17/h7-8H,2-6H2,1H3,(H,18,22). The first kappa shape index (κ1) is 16.7. The lowest BCUT2D eigenvalue weighted by Gasteiger charge is -2.35. The highest BCUT2D eigenvalue weighted by atomic mass is 35.5. The Kier molecular flexibility index (Phi) is 5.00. The smallest absolute Gasteiger partial charge is 0.352 e. The van der Waals surface area contributed by atoms with Gasteiger partial charge in [0, 0.05) is 38.9 Å². The fraction of sp³-hybridized carbons (Fsp3) is 0.538. The summed E-state index contributed by atoms with van der Waals surface area (Å²) in [5.74, 6) is 0.310. The number of pyridine rings is 1. The maximum Gasteiger partial charge on any atom is 0.417 e. The molecule has 2 amide bonds. The van der Waals surface area contributed by atoms with Gasteiger partial charge in [0.05, 0.1) is 10.6 Å². The van der Waals surface area contributed by atoms with Gasteiger partial charge in [-0.15, -0.1) is 0 Å². The van der Waals surface area contributed by atoms with Gasteiger partial charge in [-0.3, -0.25) is 0 Å². The maximum absolute atomic E-state index is 12.6. The second-order valence-electron chi connectivity index (χ2n) is 4.84. The molecule has 0 aromatic carbocycles. The van der Waals surface area contributed by atoms with Crippen LogP contribution in [0.15, 0.2) is 12.3 Å². The van der Waals surface area contributed by atoms with Crippen LogP contribution < -0.4 is 10.2 Å². The Morgan fingerprint density at radius 1 is 1.36 bits per heavy atom. The van der Waals surface area contributed by atoms with Crippen LogP contribution >= 0.6 is 11.6 Å². The van der Waals surface area contributed by atoms with Gasteiger partial charge >= 0.3 is 12.2 Å². The second kappa shape index (κ2) is 6.60. The van der Waals surface area contributed by atoms with E-state index >= 15 is 0 Å². The number of nitrogens with zero attached hydrogens (tertiary/aromatic N) is 3. The Hall–Kier alpha value is -1.70. The molecule has 1 aliphatic rings. The second-order valence-corrected chi connectivity index (χ2v) is 5.24. The summed E-state index contributed by atoms with van der Waals surface area (Å²) in [5, 5.41) is 2.67. The number of anilines is 1. The van der Waals surface area contributed by atoms with Crippen LogP contribution in [0, 0.1) is 0 Å². The zero-order valence-electron chi connectivity index (χ0n) is 12.0. The molecule has 0 atom stereocenters. The maximum atomic E-state index is 12.6. The van der Waals surface area contributed by atoms with Crippen molar-refractivity contribution in [3.8, 4) is 0 Å². The minimum absolute atomic E-state index is 0.0405. The molecule has 1 saturated heterocycles. The highest BCUT2D eigenvalue weighted by Gasteiger charge is 2.32. The molecule has 1 aliphatic heterocycles. The average molecular weight is 337 g/mol. The SMILES string of the molecule is CCNC(=O)N1CCN(c2ncc(C(F)(F)F)cc2Cl)CC1. The van der Waals surface area contributed by atoms with Crippen molar-refractivity contribution in [1.82, 2.24) is 15.2 Å². The van der Waals surface area contributed by atoms with Crippen LogP contribution in [0.4, 0.5) is 23.8 Å². The number of hydrogen-bond acceptors (Lipinski definition) is 3. The highest BCUT2D eigenvalue weighted by molar-refractivity contribution is 6.33. The third kappa shape index (κ3) is 3.73. The Bertz CT molecular complexity index is 545. The summed E-state index contributed by atoms with van der Waals surface area (Å²) >= 11 is 5.92. The molecular weight excluding hydrogens is 321 g/mol. The molecule has 1 N–H and O–H groups in total. The molecule has 1 aromatic rings. The molecule has 9 heteroatoms. The number of piperazine rings is 1. The molecule has 122 valence electrons. The van der Waals surface area contributed by atoms with Crippen LogP contribution in [0.2, 0.25) is 5.02 Å². The molecule has 0 bridgehead atoms. The number of rotatable bonds is 2. The van der Waals surface area contributed by atoms with E-state index in [9.17, 15) is 18.0 Å². The summed E-state index contributed by atoms with van der Waals surface area (Å²) < 4.78 is 37.8. The molecule has 0 spiro atoms. The molecule has 2 heterocycles. The number of carbonyl (C=O) groups is 1. The van der Waals surface area contributed by atoms with E-state index in [1.165, 1.54) is 0 Å². The molecular formula is C13H16ClF3N4O. The number of aromatic nitrogens is 1. The molecule has 1 aromatic heterocycles. The van der Waals surface area contributed by atoms with Crippen molar-refractivity contribution in [2.45, 2.75) is 13.1 Å². The van der Waals surface area contributed by atoms with Crippen LogP contribution in [0.25, 0.3) is 0 Å². The molecule has 0 radical (unpaired) electrons. The summed E-state index contributed by atoms with van der Waals surface area (Å²) in [5.41, 5.74) is -0.873. The predicted octanol–water partition coefficient (Wildman–Crippen LogP) is 2.61. The fourth-order valence-corrected chi connectivity index (χ4v) is 2.49. The van der Waals surface area contributed by atoms with Gasteiger partial charge in [-0.2, -0.15) is 13.2 Å². The molecule has 1 fully saturated rings. The summed E-state index contributed by atoms with van der Waals surface area (Å²) in [6.45, 7) is 4.24. The average Bonchev–Trinajstić information content (AvgIpc) is 2.46. The van der Waals surface area contributed by atoms with E-state index in [2.05, 4.69) is 10.3 Å². The van der Waals surface area contributed by atoms with Crippen LogP contribution in [-0.2, 0) is 6.18 Å². The van der Waals surface area contributed by atoms with Crippen molar-refractivity contribution in [3.05, 3.63) is 22.8 Å². The number of nitrogens with one attached hydrogen (secondary N) is 1. The van der Waals surface area contributed by atoms with E-state index in [0.29, 0.717) is 38.5 Å². The van der Waals surface area contributed by atoms with Gasteiger partial charge in [0.15, 0.2) is 0 Å². The Labute approximate surface area is 131 Å². The van der Waals surface area contributed by atoms with Gasteiger partial charge in [-0.1, -0.05) is 11.6 Å². The highest BCUT2D eigenvalue weighted by Crippen LogP contribution is 2.33. The summed E-state index contributed by atoms with van der Waals surface area (Å²) in [6, 6.07) is 0.730. The van der Waals surface area contributed by atoms with Gasteiger partial charge in [-0.25, -0.2) is 9.78 Å². The molecule has 5 nitrogen and oxygen atoms in total. The van der Waals surface area contributed by atoms with Gasteiger partial charge < -0.3 is 15.1 Å². The third-order valence-electron chi connectivity index (χ3n) is 3.34. The van der Waals surface area contributed by atoms with Crippen molar-refractivity contribution in [2.24, 2.45) is 0 Å². The number of hydrogen-bond donors (Lipinski definition) is 1. The van der Waals surface area contributed by atoms with Crippen molar-refractivity contribution >= 4 is 23.4 Å². The number of carbonyl (C=O) groups excluding carboxylic acids is 1. The van der Waals surface area contributed by atoms with Crippen LogP contribution in [0.3, 0.4) is 0 Å². The number of halogens is 4. The zero-order valence-corrected chi connectivity index (χ0v) is 12.7. The van der Waals surface area contributed by atoms with E-state index in [0.717, 1.165) is 12.3 Å². The van der Waals surface area contributed by atoms with Gasteiger partial charge in [0.25, 0.3) is 0 Å². The zero-order chi connectivity index (χ0) is 16.3. The van der Waals surface area contributed by atoms with E-state index in [1.54, 1.807) is 9.80 Å². The molecule has 0 saturated carbocycles. The summed E-state index contributed by atoms with van der Waals surface area (Å²) in [6.07, 6.45) is -3.69. The lowest BCUT2D eigenvalue weighted by atomic mass is 10.2. The van der Waals surface area contributed by atoms with Gasteiger partial charge in [-0.05, 0) is 13.0 Å². The molecule has 2 rings (SSSR count). The normalized spacial score (nSPS) is 15.9. The van der Waals surface area contributed by atoms with Crippen LogP contribution in [0.5, 0.6) is 0 Å². The van der Waals surface area contributed by atoms with Crippen molar-refractivity contribution in [1.29, 1.82) is 0 Å². The lowest BCUT2D eigenvalue weighted by Crippen LogP contribution is -2.52. The summed E-state index contributed by atoms with van der Waals surface area (Å²) in [4.78, 5) is 18.9. The fourth-order valence-electron chi connectivity index (χ4n) is 2.20. The minimum atomic E-state index is -4.47. The number of amides is 2. The first-order valence-electron chi connectivity index (χ1n) is 6.83. The lowest BCUT2D eigenvalue weighted by molar-refractivity contribution is -0.137. The van der Waals surface area contributed by atoms with E-state index < -0.39 is 11.7 Å². The first-order chi connectivity index (χ1) is 10.3. The molecule has 0 aliphatic carbocycles. The first-order valence-corrected chi connectivity index (χ1v) is 7.21. The Morgan fingerprint density at radius 3 is 2.50 bits per heavy atom. The molecule has 22 heavy (non-hydrogen) atoms. The number of alkyl halides is 3. The monoisotopic (exact) mass is 336 g/mol. The van der Waals surface area contributed by atoms with E-state index in [1.807, 2.05) is 6.92 Å². The van der Waals surface area contributed by atoms with Crippen molar-refractivity contribution in [2.75, 3.05) is 37.6 Å². The number of urea groups is 1. The van der Waals surface area contributed by atoms with Crippen molar-refractivity contribution in [3.63, 3.8) is 0 Å². The van der Waals surface area contributed by atoms with Crippen LogP contribution in [0.1, 0.15) is 12.5 Å². The molecule has 0 unspecified atom stereocenters. The third-order valence-corrected chi connectivity index (χ3v) is 3.62. The van der Waals surface area contributed by atoms with Crippen LogP contribution in [-0.4, -0.2) is 48.6 Å². The topological polar surface area (TPSA) is 48.5 Å². The summed E-state index contributed by atoms with van der Waals surface area (Å²) in [7, 11) is 0. The van der Waals surface area contributed by atoms with Gasteiger partial charge in [0.2, 0.25) is 0 Å². The van der Waals surface area contributed by atoms with E-state index in [4.69, 9.17) is 11.6 Å². The Balaban J connectivity index is 2.04. The Morgan fingerprint density at radius 2 is 2.00 bits per heavy atom. The minimum Gasteiger partial charge on any atom is -0.352 e.